The van der Waals surface area contributed by atoms with Gasteiger partial charge in [-0.25, -0.2) is 9.97 Å². The van der Waals surface area contributed by atoms with Crippen LogP contribution in [0.15, 0.2) is 35.1 Å². The van der Waals surface area contributed by atoms with Crippen LogP contribution in [-0.2, 0) is 6.61 Å². The van der Waals surface area contributed by atoms with Crippen molar-refractivity contribution in [3.8, 4) is 5.88 Å². The highest BCUT2D eigenvalue weighted by atomic mass is 79.9. The van der Waals surface area contributed by atoms with Gasteiger partial charge in [0.2, 0.25) is 5.88 Å². The predicted octanol–water partition coefficient (Wildman–Crippen LogP) is 4.37. The van der Waals surface area contributed by atoms with Crippen LogP contribution < -0.4 is 10.1 Å². The summed E-state index contributed by atoms with van der Waals surface area (Å²) in [5, 5.41) is 3.27. The van der Waals surface area contributed by atoms with Gasteiger partial charge in [-0.2, -0.15) is 0 Å². The fourth-order valence-corrected chi connectivity index (χ4v) is 2.55. The van der Waals surface area contributed by atoms with E-state index in [0.29, 0.717) is 12.5 Å². The van der Waals surface area contributed by atoms with E-state index in [-0.39, 0.29) is 5.92 Å². The second kappa shape index (κ2) is 7.41. The Morgan fingerprint density at radius 3 is 2.76 bits per heavy atom. The first-order chi connectivity index (χ1) is 10.1. The van der Waals surface area contributed by atoms with E-state index in [1.54, 1.807) is 6.33 Å². The van der Waals surface area contributed by atoms with Gasteiger partial charge in [0.05, 0.1) is 5.56 Å². The van der Waals surface area contributed by atoms with Gasteiger partial charge in [-0.05, 0) is 30.5 Å². The zero-order valence-electron chi connectivity index (χ0n) is 12.6. The highest BCUT2D eigenvalue weighted by Gasteiger charge is 2.15. The third-order valence-corrected chi connectivity index (χ3v) is 3.53. The summed E-state index contributed by atoms with van der Waals surface area (Å²) in [5.74, 6) is 1.79. The van der Waals surface area contributed by atoms with Crippen LogP contribution >= 0.6 is 15.9 Å². The quantitative estimate of drug-likeness (QED) is 0.840. The summed E-state index contributed by atoms with van der Waals surface area (Å²) in [7, 11) is 0. The molecule has 0 spiro atoms. The van der Waals surface area contributed by atoms with E-state index in [2.05, 4.69) is 45.1 Å². The minimum Gasteiger partial charge on any atom is -0.472 e. The number of aromatic nitrogens is 2. The van der Waals surface area contributed by atoms with E-state index < -0.39 is 0 Å². The van der Waals surface area contributed by atoms with Crippen molar-refractivity contribution in [3.05, 3.63) is 46.2 Å². The Hall–Kier alpha value is -1.62. The summed E-state index contributed by atoms with van der Waals surface area (Å²) in [4.78, 5) is 8.61. The molecule has 4 nitrogen and oxygen atoms in total. The van der Waals surface area contributed by atoms with Gasteiger partial charge < -0.3 is 10.1 Å². The maximum atomic E-state index is 5.91. The molecule has 0 fully saturated rings. The monoisotopic (exact) mass is 349 g/mol. The van der Waals surface area contributed by atoms with Crippen molar-refractivity contribution in [2.75, 3.05) is 11.9 Å². The highest BCUT2D eigenvalue weighted by molar-refractivity contribution is 9.10. The number of benzene rings is 1. The molecule has 2 aromatic rings. The molecule has 1 N–H and O–H groups in total. The van der Waals surface area contributed by atoms with Gasteiger partial charge in [0, 0.05) is 11.0 Å². The maximum absolute atomic E-state index is 5.91. The maximum Gasteiger partial charge on any atom is 0.222 e. The van der Waals surface area contributed by atoms with Crippen molar-refractivity contribution < 1.29 is 4.74 Å². The summed E-state index contributed by atoms with van der Waals surface area (Å²) in [6, 6.07) is 8.07. The van der Waals surface area contributed by atoms with Crippen LogP contribution in [0.5, 0.6) is 5.88 Å². The number of rotatable bonds is 6. The van der Waals surface area contributed by atoms with Crippen molar-refractivity contribution in [3.63, 3.8) is 0 Å². The molecule has 0 saturated carbocycles. The van der Waals surface area contributed by atoms with Gasteiger partial charge in [0.1, 0.15) is 18.8 Å². The Kier molecular flexibility index (Phi) is 5.56. The van der Waals surface area contributed by atoms with Crippen molar-refractivity contribution in [2.45, 2.75) is 33.3 Å². The van der Waals surface area contributed by atoms with Gasteiger partial charge in [-0.3, -0.25) is 0 Å². The number of ether oxygens (including phenoxy) is 1. The Morgan fingerprint density at radius 2 is 2.10 bits per heavy atom. The molecule has 0 aliphatic heterocycles. The molecule has 0 amide bonds. The lowest BCUT2D eigenvalue weighted by Crippen LogP contribution is -2.09. The van der Waals surface area contributed by atoms with Crippen LogP contribution in [0.2, 0.25) is 0 Å². The average molecular weight is 350 g/mol. The normalized spacial score (nSPS) is 10.7. The number of hydrogen-bond donors (Lipinski definition) is 1. The Labute approximate surface area is 134 Å². The molecule has 1 heterocycles. The minimum absolute atomic E-state index is 0.290. The van der Waals surface area contributed by atoms with Gasteiger partial charge in [-0.1, -0.05) is 41.9 Å². The molecule has 2 rings (SSSR count). The van der Waals surface area contributed by atoms with Gasteiger partial charge in [-0.15, -0.1) is 0 Å². The van der Waals surface area contributed by atoms with Gasteiger partial charge in [0.25, 0.3) is 0 Å². The van der Waals surface area contributed by atoms with Crippen LogP contribution in [0, 0.1) is 0 Å². The topological polar surface area (TPSA) is 47.0 Å². The number of nitrogens with one attached hydrogen (secondary N) is 1. The van der Waals surface area contributed by atoms with E-state index in [9.17, 15) is 0 Å². The SMILES string of the molecule is CCNc1ncnc(OCc2cccc(Br)c2)c1C(C)C. The lowest BCUT2D eigenvalue weighted by molar-refractivity contribution is 0.288. The Balaban J connectivity index is 2.21. The number of hydrogen-bond acceptors (Lipinski definition) is 4. The van der Waals surface area contributed by atoms with Crippen LogP contribution in [0.4, 0.5) is 5.82 Å². The van der Waals surface area contributed by atoms with Gasteiger partial charge >= 0.3 is 0 Å². The fourth-order valence-electron chi connectivity index (χ4n) is 2.10. The van der Waals surface area contributed by atoms with Crippen molar-refractivity contribution in [1.29, 1.82) is 0 Å². The molecule has 0 unspecified atom stereocenters. The molecule has 21 heavy (non-hydrogen) atoms. The molecule has 0 saturated heterocycles. The standard InChI is InChI=1S/C16H20BrN3O/c1-4-18-15-14(11(2)3)16(20-10-19-15)21-9-12-6-5-7-13(17)8-12/h5-8,10-11H,4,9H2,1-3H3,(H,18,19,20). The second-order valence-electron chi connectivity index (χ2n) is 5.04. The van der Waals surface area contributed by atoms with Crippen LogP contribution in [0.25, 0.3) is 0 Å². The lowest BCUT2D eigenvalue weighted by atomic mass is 10.1. The third-order valence-electron chi connectivity index (χ3n) is 3.03. The first-order valence-electron chi connectivity index (χ1n) is 7.07. The minimum atomic E-state index is 0.290. The lowest BCUT2D eigenvalue weighted by Gasteiger charge is -2.16. The fraction of sp³-hybridized carbons (Fsp3) is 0.375. The summed E-state index contributed by atoms with van der Waals surface area (Å²) in [6.45, 7) is 7.59. The van der Waals surface area contributed by atoms with Crippen LogP contribution in [0.1, 0.15) is 37.8 Å². The summed E-state index contributed by atoms with van der Waals surface area (Å²) in [5.41, 5.74) is 2.12. The predicted molar refractivity (Wildman–Crippen MR) is 88.8 cm³/mol. The molecule has 0 radical (unpaired) electrons. The molecule has 0 atom stereocenters. The molecule has 1 aromatic carbocycles. The van der Waals surface area contributed by atoms with Crippen LogP contribution in [0.3, 0.4) is 0 Å². The van der Waals surface area contributed by atoms with Crippen molar-refractivity contribution in [1.82, 2.24) is 9.97 Å². The summed E-state index contributed by atoms with van der Waals surface area (Å²) in [6.07, 6.45) is 1.54. The Bertz CT molecular complexity index is 602. The zero-order valence-corrected chi connectivity index (χ0v) is 14.1. The summed E-state index contributed by atoms with van der Waals surface area (Å²) < 4.78 is 6.96. The van der Waals surface area contributed by atoms with Crippen LogP contribution in [-0.4, -0.2) is 16.5 Å². The highest BCUT2D eigenvalue weighted by Crippen LogP contribution is 2.30. The molecule has 0 aliphatic carbocycles. The Morgan fingerprint density at radius 1 is 1.29 bits per heavy atom. The second-order valence-corrected chi connectivity index (χ2v) is 5.96. The number of anilines is 1. The van der Waals surface area contributed by atoms with Crippen molar-refractivity contribution in [2.24, 2.45) is 0 Å². The smallest absolute Gasteiger partial charge is 0.222 e. The molecule has 1 aromatic heterocycles. The first-order valence-corrected chi connectivity index (χ1v) is 7.87. The average Bonchev–Trinajstić information content (AvgIpc) is 2.45. The van der Waals surface area contributed by atoms with Crippen molar-refractivity contribution >= 4 is 21.7 Å². The molecule has 5 heteroatoms. The third kappa shape index (κ3) is 4.17. The molecule has 0 aliphatic rings. The van der Waals surface area contributed by atoms with E-state index >= 15 is 0 Å². The van der Waals surface area contributed by atoms with E-state index in [0.717, 1.165) is 28.0 Å². The largest absolute Gasteiger partial charge is 0.472 e. The molecular weight excluding hydrogens is 330 g/mol. The number of nitrogens with zero attached hydrogens (tertiary/aromatic N) is 2. The molecular formula is C16H20BrN3O. The van der Waals surface area contributed by atoms with E-state index in [1.807, 2.05) is 31.2 Å². The zero-order chi connectivity index (χ0) is 15.2. The number of halogens is 1. The molecule has 0 bridgehead atoms. The van der Waals surface area contributed by atoms with E-state index in [1.165, 1.54) is 0 Å². The first kappa shape index (κ1) is 15.8. The van der Waals surface area contributed by atoms with Gasteiger partial charge in [0.15, 0.2) is 0 Å². The summed E-state index contributed by atoms with van der Waals surface area (Å²) >= 11 is 3.47. The molecule has 112 valence electrons. The van der Waals surface area contributed by atoms with E-state index in [4.69, 9.17) is 4.74 Å².